The van der Waals surface area contributed by atoms with Gasteiger partial charge in [-0.2, -0.15) is 15.0 Å². The van der Waals surface area contributed by atoms with Crippen LogP contribution in [0.1, 0.15) is 5.56 Å². The van der Waals surface area contributed by atoms with E-state index in [0.29, 0.717) is 6.61 Å². The summed E-state index contributed by atoms with van der Waals surface area (Å²) in [6, 6.07) is 7.82. The molecule has 0 radical (unpaired) electrons. The zero-order valence-corrected chi connectivity index (χ0v) is 10.9. The third-order valence-corrected chi connectivity index (χ3v) is 2.52. The second-order valence-electron chi connectivity index (χ2n) is 3.16. The van der Waals surface area contributed by atoms with Gasteiger partial charge in [-0.1, -0.05) is 28.1 Å². The summed E-state index contributed by atoms with van der Waals surface area (Å²) in [7, 11) is 0. The van der Waals surface area contributed by atoms with Gasteiger partial charge in [0.2, 0.25) is 11.2 Å². The summed E-state index contributed by atoms with van der Waals surface area (Å²) in [5.41, 5.74) is 6.40. The van der Waals surface area contributed by atoms with E-state index in [2.05, 4.69) is 30.9 Å². The second-order valence-corrected chi connectivity index (χ2v) is 4.42. The number of aromatic nitrogens is 3. The fourth-order valence-corrected chi connectivity index (χ4v) is 1.79. The van der Waals surface area contributed by atoms with Crippen LogP contribution in [0.4, 0.5) is 5.95 Å². The first kappa shape index (κ1) is 12.1. The van der Waals surface area contributed by atoms with Crippen molar-refractivity contribution in [1.29, 1.82) is 0 Å². The standard InChI is InChI=1S/C10H8BrClN4O/c11-7-3-1-2-6(4-7)5-17-10-15-8(12)14-9(13)16-10/h1-4H,5H2,(H2,13,14,15,16). The highest BCUT2D eigenvalue weighted by molar-refractivity contribution is 9.10. The minimum atomic E-state index is 0.0155. The maximum atomic E-state index is 5.63. The summed E-state index contributed by atoms with van der Waals surface area (Å²) in [5.74, 6) is 0.0363. The molecule has 1 heterocycles. The van der Waals surface area contributed by atoms with Crippen LogP contribution in [-0.4, -0.2) is 15.0 Å². The van der Waals surface area contributed by atoms with Crippen molar-refractivity contribution in [1.82, 2.24) is 15.0 Å². The maximum absolute atomic E-state index is 5.63. The lowest BCUT2D eigenvalue weighted by molar-refractivity contribution is 0.280. The second kappa shape index (κ2) is 5.29. The molecule has 0 amide bonds. The molecule has 7 heteroatoms. The number of halogens is 2. The van der Waals surface area contributed by atoms with Gasteiger partial charge in [0.05, 0.1) is 0 Å². The molecular formula is C10H8BrClN4O. The van der Waals surface area contributed by atoms with Gasteiger partial charge in [0, 0.05) is 4.47 Å². The summed E-state index contributed by atoms with van der Waals surface area (Å²) in [6.45, 7) is 0.333. The molecule has 1 aromatic carbocycles. The van der Waals surface area contributed by atoms with Crippen molar-refractivity contribution >= 4 is 33.5 Å². The fraction of sp³-hybridized carbons (Fsp3) is 0.100. The van der Waals surface area contributed by atoms with Gasteiger partial charge in [0.15, 0.2) is 0 Å². The van der Waals surface area contributed by atoms with Crippen LogP contribution in [-0.2, 0) is 6.61 Å². The Morgan fingerprint density at radius 1 is 1.29 bits per heavy atom. The van der Waals surface area contributed by atoms with E-state index in [1.165, 1.54) is 0 Å². The molecule has 17 heavy (non-hydrogen) atoms. The number of rotatable bonds is 3. The van der Waals surface area contributed by atoms with E-state index in [-0.39, 0.29) is 17.2 Å². The molecule has 0 aliphatic heterocycles. The van der Waals surface area contributed by atoms with Crippen molar-refractivity contribution < 1.29 is 4.74 Å². The van der Waals surface area contributed by atoms with Crippen LogP contribution in [0.5, 0.6) is 6.01 Å². The molecular weight excluding hydrogens is 307 g/mol. The van der Waals surface area contributed by atoms with Gasteiger partial charge in [-0.25, -0.2) is 0 Å². The molecule has 0 atom stereocenters. The highest BCUT2D eigenvalue weighted by atomic mass is 79.9. The minimum absolute atomic E-state index is 0.0155. The average Bonchev–Trinajstić information content (AvgIpc) is 2.25. The number of nitrogen functional groups attached to an aromatic ring is 1. The number of anilines is 1. The van der Waals surface area contributed by atoms with Crippen LogP contribution in [0.3, 0.4) is 0 Å². The van der Waals surface area contributed by atoms with Crippen LogP contribution in [0.15, 0.2) is 28.7 Å². The first-order chi connectivity index (χ1) is 8.13. The molecule has 0 bridgehead atoms. The first-order valence-electron chi connectivity index (χ1n) is 4.68. The van der Waals surface area contributed by atoms with E-state index < -0.39 is 0 Å². The summed E-state index contributed by atoms with van der Waals surface area (Å²) >= 11 is 9.00. The Bertz CT molecular complexity index is 517. The van der Waals surface area contributed by atoms with Gasteiger partial charge in [0.25, 0.3) is 0 Å². The van der Waals surface area contributed by atoms with Gasteiger partial charge >= 0.3 is 6.01 Å². The van der Waals surface area contributed by atoms with Crippen molar-refractivity contribution in [3.63, 3.8) is 0 Å². The first-order valence-corrected chi connectivity index (χ1v) is 5.85. The van der Waals surface area contributed by atoms with E-state index in [0.717, 1.165) is 10.0 Å². The lowest BCUT2D eigenvalue weighted by atomic mass is 10.2. The highest BCUT2D eigenvalue weighted by Crippen LogP contribution is 2.14. The molecule has 2 N–H and O–H groups in total. The lowest BCUT2D eigenvalue weighted by Gasteiger charge is -2.05. The van der Waals surface area contributed by atoms with Gasteiger partial charge < -0.3 is 10.5 Å². The summed E-state index contributed by atoms with van der Waals surface area (Å²) in [4.78, 5) is 11.2. The van der Waals surface area contributed by atoms with Crippen molar-refractivity contribution in [2.24, 2.45) is 0 Å². The summed E-state index contributed by atoms with van der Waals surface area (Å²) < 4.78 is 6.34. The molecule has 0 fully saturated rings. The van der Waals surface area contributed by atoms with Crippen LogP contribution in [0, 0.1) is 0 Å². The third-order valence-electron chi connectivity index (χ3n) is 1.86. The quantitative estimate of drug-likeness (QED) is 0.941. The number of hydrogen-bond donors (Lipinski definition) is 1. The molecule has 5 nitrogen and oxygen atoms in total. The van der Waals surface area contributed by atoms with Crippen molar-refractivity contribution in [2.75, 3.05) is 5.73 Å². The zero-order valence-electron chi connectivity index (χ0n) is 8.60. The van der Waals surface area contributed by atoms with E-state index in [1.807, 2.05) is 24.3 Å². The van der Waals surface area contributed by atoms with Crippen molar-refractivity contribution in [2.45, 2.75) is 6.61 Å². The van der Waals surface area contributed by atoms with Crippen LogP contribution in [0.2, 0.25) is 5.28 Å². The monoisotopic (exact) mass is 314 g/mol. The van der Waals surface area contributed by atoms with Gasteiger partial charge in [-0.15, -0.1) is 0 Å². The predicted octanol–water partition coefficient (Wildman–Crippen LogP) is 2.45. The number of nitrogens with zero attached hydrogens (tertiary/aromatic N) is 3. The van der Waals surface area contributed by atoms with E-state index in [1.54, 1.807) is 0 Å². The van der Waals surface area contributed by atoms with Crippen molar-refractivity contribution in [3.8, 4) is 6.01 Å². The lowest BCUT2D eigenvalue weighted by Crippen LogP contribution is -2.03. The molecule has 88 valence electrons. The van der Waals surface area contributed by atoms with Crippen LogP contribution in [0.25, 0.3) is 0 Å². The topological polar surface area (TPSA) is 73.9 Å². The molecule has 0 saturated heterocycles. The number of benzene rings is 1. The Morgan fingerprint density at radius 3 is 2.82 bits per heavy atom. The van der Waals surface area contributed by atoms with Gasteiger partial charge in [0.1, 0.15) is 6.61 Å². The molecule has 0 unspecified atom stereocenters. The number of nitrogens with two attached hydrogens (primary N) is 1. The molecule has 1 aromatic heterocycles. The van der Waals surface area contributed by atoms with Crippen LogP contribution >= 0.6 is 27.5 Å². The molecule has 0 aliphatic rings. The zero-order chi connectivity index (χ0) is 12.3. The predicted molar refractivity (Wildman–Crippen MR) is 67.7 cm³/mol. The minimum Gasteiger partial charge on any atom is -0.458 e. The highest BCUT2D eigenvalue weighted by Gasteiger charge is 2.04. The fourth-order valence-electron chi connectivity index (χ4n) is 1.19. The number of hydrogen-bond acceptors (Lipinski definition) is 5. The molecule has 2 rings (SSSR count). The normalized spacial score (nSPS) is 10.2. The van der Waals surface area contributed by atoms with E-state index in [4.69, 9.17) is 22.1 Å². The number of ether oxygens (including phenoxy) is 1. The molecule has 0 aliphatic carbocycles. The Morgan fingerprint density at radius 2 is 2.12 bits per heavy atom. The van der Waals surface area contributed by atoms with Gasteiger partial charge in [-0.3, -0.25) is 0 Å². The summed E-state index contributed by atoms with van der Waals surface area (Å²) in [6.07, 6.45) is 0. The molecule has 0 spiro atoms. The molecule has 2 aromatic rings. The van der Waals surface area contributed by atoms with Gasteiger partial charge in [-0.05, 0) is 29.3 Å². The largest absolute Gasteiger partial charge is 0.458 e. The van der Waals surface area contributed by atoms with Crippen molar-refractivity contribution in [3.05, 3.63) is 39.6 Å². The van der Waals surface area contributed by atoms with E-state index in [9.17, 15) is 0 Å². The average molecular weight is 316 g/mol. The maximum Gasteiger partial charge on any atom is 0.322 e. The molecule has 0 saturated carbocycles. The Labute approximate surface area is 111 Å². The smallest absolute Gasteiger partial charge is 0.322 e. The Balaban J connectivity index is 2.07. The summed E-state index contributed by atoms with van der Waals surface area (Å²) in [5, 5.41) is 0.0155. The Kier molecular flexibility index (Phi) is 3.75. The van der Waals surface area contributed by atoms with Crippen LogP contribution < -0.4 is 10.5 Å². The Hall–Kier alpha value is -1.40. The third kappa shape index (κ3) is 3.54. The SMILES string of the molecule is Nc1nc(Cl)nc(OCc2cccc(Br)c2)n1. The van der Waals surface area contributed by atoms with E-state index >= 15 is 0 Å².